The van der Waals surface area contributed by atoms with Crippen LogP contribution in [-0.4, -0.2) is 15.1 Å². The summed E-state index contributed by atoms with van der Waals surface area (Å²) in [5, 5.41) is 10.1. The first-order valence-corrected chi connectivity index (χ1v) is 8.56. The Morgan fingerprint density at radius 2 is 1.48 bits per heavy atom. The molecule has 1 heterocycles. The second-order valence-corrected chi connectivity index (χ2v) is 8.23. The van der Waals surface area contributed by atoms with Gasteiger partial charge in [-0.1, -0.05) is 13.8 Å². The van der Waals surface area contributed by atoms with Gasteiger partial charge in [0.05, 0.1) is 6.10 Å². The number of hydrogen-bond donors (Lipinski definition) is 1. The van der Waals surface area contributed by atoms with Crippen molar-refractivity contribution in [2.24, 2.45) is 23.7 Å². The van der Waals surface area contributed by atoms with Gasteiger partial charge in [0.15, 0.2) is 0 Å². The van der Waals surface area contributed by atoms with Crippen molar-refractivity contribution in [3.8, 4) is 0 Å². The van der Waals surface area contributed by atoms with Gasteiger partial charge in [-0.25, -0.2) is 9.97 Å². The van der Waals surface area contributed by atoms with Gasteiger partial charge in [0.25, 0.3) is 0 Å². The molecular weight excluding hydrogens is 260 g/mol. The van der Waals surface area contributed by atoms with Crippen molar-refractivity contribution in [3.63, 3.8) is 0 Å². The molecule has 4 bridgehead atoms. The maximum Gasteiger partial charge on any atom is 0.134 e. The Balaban J connectivity index is 1.62. The molecule has 0 spiro atoms. The molecule has 4 aliphatic carbocycles. The predicted molar refractivity (Wildman–Crippen MR) is 81.7 cm³/mol. The van der Waals surface area contributed by atoms with Crippen LogP contribution in [0.4, 0.5) is 0 Å². The van der Waals surface area contributed by atoms with Gasteiger partial charge in [-0.2, -0.15) is 0 Å². The fourth-order valence-electron chi connectivity index (χ4n) is 5.53. The largest absolute Gasteiger partial charge is 0.388 e. The molecule has 21 heavy (non-hydrogen) atoms. The predicted octanol–water partition coefficient (Wildman–Crippen LogP) is 3.63. The molecule has 0 aliphatic heterocycles. The van der Waals surface area contributed by atoms with E-state index in [1.807, 2.05) is 26.2 Å². The van der Waals surface area contributed by atoms with Crippen LogP contribution in [0.25, 0.3) is 0 Å². The van der Waals surface area contributed by atoms with E-state index in [1.165, 1.54) is 38.5 Å². The molecule has 3 heteroatoms. The molecule has 1 aromatic heterocycles. The Kier molecular flexibility index (Phi) is 3.11. The first-order valence-electron chi connectivity index (χ1n) is 8.56. The van der Waals surface area contributed by atoms with Crippen molar-refractivity contribution in [2.75, 3.05) is 0 Å². The number of rotatable bonds is 3. The minimum Gasteiger partial charge on any atom is -0.388 e. The van der Waals surface area contributed by atoms with Crippen LogP contribution in [0.15, 0.2) is 12.4 Å². The fraction of sp³-hybridized carbons (Fsp3) is 0.778. The molecule has 4 aliphatic rings. The molecule has 0 amide bonds. The molecule has 4 saturated carbocycles. The summed E-state index contributed by atoms with van der Waals surface area (Å²) in [5.74, 6) is 4.02. The second-order valence-electron chi connectivity index (χ2n) is 8.23. The lowest BCUT2D eigenvalue weighted by Crippen LogP contribution is -2.49. The average Bonchev–Trinajstić information content (AvgIpc) is 2.45. The molecular formula is C18H26N2O. The zero-order valence-corrected chi connectivity index (χ0v) is 13.1. The summed E-state index contributed by atoms with van der Waals surface area (Å²) in [6.45, 7) is 4.05. The SMILES string of the molecule is CC(C)[C@H](O)c1cnc(C23CC4CC(CC(C4)C2)C3)nc1. The van der Waals surface area contributed by atoms with Gasteiger partial charge < -0.3 is 5.11 Å². The molecule has 0 saturated heterocycles. The van der Waals surface area contributed by atoms with E-state index in [9.17, 15) is 5.11 Å². The van der Waals surface area contributed by atoms with Gasteiger partial charge in [-0.3, -0.25) is 0 Å². The van der Waals surface area contributed by atoms with E-state index in [0.717, 1.165) is 29.1 Å². The van der Waals surface area contributed by atoms with Gasteiger partial charge in [0.1, 0.15) is 5.82 Å². The van der Waals surface area contributed by atoms with E-state index < -0.39 is 6.10 Å². The second kappa shape index (κ2) is 4.77. The lowest BCUT2D eigenvalue weighted by molar-refractivity contribution is -0.00951. The van der Waals surface area contributed by atoms with Crippen LogP contribution in [0.2, 0.25) is 0 Å². The zero-order chi connectivity index (χ0) is 14.6. The molecule has 1 N–H and O–H groups in total. The molecule has 114 valence electrons. The Morgan fingerprint density at radius 1 is 1.00 bits per heavy atom. The maximum atomic E-state index is 10.1. The van der Waals surface area contributed by atoms with Crippen molar-refractivity contribution < 1.29 is 5.11 Å². The van der Waals surface area contributed by atoms with E-state index >= 15 is 0 Å². The normalized spacial score (nSPS) is 39.0. The fourth-order valence-corrected chi connectivity index (χ4v) is 5.53. The minimum atomic E-state index is -0.449. The van der Waals surface area contributed by atoms with E-state index in [1.54, 1.807) is 0 Å². The number of aliphatic hydroxyl groups is 1. The van der Waals surface area contributed by atoms with Crippen LogP contribution in [0, 0.1) is 23.7 Å². The summed E-state index contributed by atoms with van der Waals surface area (Å²) in [7, 11) is 0. The standard InChI is InChI=1S/C18H26N2O/c1-11(2)16(21)15-9-19-17(20-10-15)18-6-12-3-13(7-18)5-14(4-12)8-18/h9-14,16,21H,3-8H2,1-2H3/t12?,13?,14?,16-,18?/m0/s1. The third-order valence-electron chi connectivity index (χ3n) is 6.16. The maximum absolute atomic E-state index is 10.1. The van der Waals surface area contributed by atoms with Gasteiger partial charge in [0, 0.05) is 23.4 Å². The summed E-state index contributed by atoms with van der Waals surface area (Å²) < 4.78 is 0. The highest BCUT2D eigenvalue weighted by molar-refractivity contribution is 5.19. The van der Waals surface area contributed by atoms with Crippen LogP contribution in [-0.2, 0) is 5.41 Å². The van der Waals surface area contributed by atoms with E-state index in [4.69, 9.17) is 9.97 Å². The minimum absolute atomic E-state index is 0.207. The van der Waals surface area contributed by atoms with Gasteiger partial charge in [-0.05, 0) is 62.2 Å². The topological polar surface area (TPSA) is 46.0 Å². The molecule has 0 aromatic carbocycles. The van der Waals surface area contributed by atoms with Crippen LogP contribution in [0.3, 0.4) is 0 Å². The quantitative estimate of drug-likeness (QED) is 0.923. The van der Waals surface area contributed by atoms with Crippen molar-refractivity contribution in [1.82, 2.24) is 9.97 Å². The Labute approximate surface area is 127 Å². The van der Waals surface area contributed by atoms with Gasteiger partial charge in [-0.15, -0.1) is 0 Å². The molecule has 0 unspecified atom stereocenters. The number of aliphatic hydroxyl groups excluding tert-OH is 1. The lowest BCUT2D eigenvalue weighted by atomic mass is 9.49. The van der Waals surface area contributed by atoms with Crippen molar-refractivity contribution >= 4 is 0 Å². The molecule has 4 fully saturated rings. The van der Waals surface area contributed by atoms with E-state index in [0.29, 0.717) is 0 Å². The van der Waals surface area contributed by atoms with Crippen LogP contribution >= 0.6 is 0 Å². The monoisotopic (exact) mass is 286 g/mol. The lowest BCUT2D eigenvalue weighted by Gasteiger charge is -2.55. The highest BCUT2D eigenvalue weighted by atomic mass is 16.3. The Bertz CT molecular complexity index is 487. The highest BCUT2D eigenvalue weighted by Gasteiger charge is 2.53. The average molecular weight is 286 g/mol. The third kappa shape index (κ3) is 2.21. The van der Waals surface area contributed by atoms with Crippen LogP contribution < -0.4 is 0 Å². The van der Waals surface area contributed by atoms with Gasteiger partial charge >= 0.3 is 0 Å². The Hall–Kier alpha value is -0.960. The third-order valence-corrected chi connectivity index (χ3v) is 6.16. The summed E-state index contributed by atoms with van der Waals surface area (Å²) in [4.78, 5) is 9.40. The summed E-state index contributed by atoms with van der Waals surface area (Å²) in [5.41, 5.74) is 1.12. The number of hydrogen-bond acceptors (Lipinski definition) is 3. The molecule has 0 radical (unpaired) electrons. The highest BCUT2D eigenvalue weighted by Crippen LogP contribution is 2.60. The van der Waals surface area contributed by atoms with Gasteiger partial charge in [0.2, 0.25) is 0 Å². The smallest absolute Gasteiger partial charge is 0.134 e. The molecule has 5 rings (SSSR count). The summed E-state index contributed by atoms with van der Waals surface area (Å²) >= 11 is 0. The van der Waals surface area contributed by atoms with Crippen molar-refractivity contribution in [3.05, 3.63) is 23.8 Å². The van der Waals surface area contributed by atoms with Crippen molar-refractivity contribution in [2.45, 2.75) is 63.9 Å². The molecule has 1 aromatic rings. The van der Waals surface area contributed by atoms with E-state index in [2.05, 4.69) is 0 Å². The van der Waals surface area contributed by atoms with E-state index in [-0.39, 0.29) is 11.3 Å². The first kappa shape index (κ1) is 13.7. The molecule has 1 atom stereocenters. The van der Waals surface area contributed by atoms with Crippen LogP contribution in [0.5, 0.6) is 0 Å². The number of nitrogens with zero attached hydrogens (tertiary/aromatic N) is 2. The summed E-state index contributed by atoms with van der Waals surface area (Å²) in [6, 6.07) is 0. The molecule has 3 nitrogen and oxygen atoms in total. The summed E-state index contributed by atoms with van der Waals surface area (Å²) in [6.07, 6.45) is 11.5. The van der Waals surface area contributed by atoms with Crippen LogP contribution in [0.1, 0.15) is 69.9 Å². The first-order chi connectivity index (χ1) is 10.1. The zero-order valence-electron chi connectivity index (χ0n) is 13.1. The Morgan fingerprint density at radius 3 is 1.90 bits per heavy atom. The number of aromatic nitrogens is 2. The van der Waals surface area contributed by atoms with Crippen molar-refractivity contribution in [1.29, 1.82) is 0 Å².